The van der Waals surface area contributed by atoms with Crippen molar-refractivity contribution < 1.29 is 18.0 Å². The summed E-state index contributed by atoms with van der Waals surface area (Å²) >= 11 is 0. The van der Waals surface area contributed by atoms with Crippen molar-refractivity contribution in [2.24, 2.45) is 10.8 Å². The number of urea groups is 1. The van der Waals surface area contributed by atoms with Crippen LogP contribution < -0.4 is 16.1 Å². The van der Waals surface area contributed by atoms with Crippen LogP contribution in [-0.2, 0) is 6.18 Å². The van der Waals surface area contributed by atoms with E-state index in [2.05, 4.69) is 10.1 Å². The lowest BCUT2D eigenvalue weighted by Crippen LogP contribution is -2.24. The first-order chi connectivity index (χ1) is 11.7. The molecule has 1 heterocycles. The molecular formula is C16H16F3N5O. The quantitative estimate of drug-likeness (QED) is 0.656. The van der Waals surface area contributed by atoms with Gasteiger partial charge in [0.2, 0.25) is 0 Å². The highest BCUT2D eigenvalue weighted by molar-refractivity contribution is 5.83. The number of hydrazone groups is 1. The predicted molar refractivity (Wildman–Crippen MR) is 89.3 cm³/mol. The van der Waals surface area contributed by atoms with E-state index in [1.807, 2.05) is 5.43 Å². The number of benzene rings is 1. The normalized spacial score (nSPS) is 11.6. The molecule has 0 bridgehead atoms. The third-order valence-electron chi connectivity index (χ3n) is 3.17. The molecule has 0 fully saturated rings. The maximum atomic E-state index is 13.1. The number of nitrogens with zero attached hydrogens (tertiary/aromatic N) is 3. The maximum absolute atomic E-state index is 13.1. The predicted octanol–water partition coefficient (Wildman–Crippen LogP) is 2.84. The van der Waals surface area contributed by atoms with Gasteiger partial charge in [0.25, 0.3) is 0 Å². The number of halogens is 3. The molecule has 9 heteroatoms. The van der Waals surface area contributed by atoms with Crippen LogP contribution in [-0.4, -0.2) is 31.3 Å². The number of pyridine rings is 1. The van der Waals surface area contributed by atoms with Crippen LogP contribution in [0.3, 0.4) is 0 Å². The fourth-order valence-electron chi connectivity index (χ4n) is 2.01. The smallest absolute Gasteiger partial charge is 0.363 e. The van der Waals surface area contributed by atoms with Crippen molar-refractivity contribution >= 4 is 18.1 Å². The number of hydrogen-bond acceptors (Lipinski definition) is 4. The summed E-state index contributed by atoms with van der Waals surface area (Å²) in [7, 11) is 3.23. The number of nitrogens with two attached hydrogens (primary N) is 1. The van der Waals surface area contributed by atoms with Gasteiger partial charge in [0.1, 0.15) is 5.82 Å². The van der Waals surface area contributed by atoms with Crippen molar-refractivity contribution in [2.45, 2.75) is 6.18 Å². The maximum Gasteiger partial charge on any atom is 0.416 e. The van der Waals surface area contributed by atoms with E-state index in [0.717, 1.165) is 12.1 Å². The molecule has 25 heavy (non-hydrogen) atoms. The molecule has 0 saturated heterocycles. The minimum atomic E-state index is -4.48. The van der Waals surface area contributed by atoms with Crippen LogP contribution >= 0.6 is 0 Å². The first-order valence-corrected chi connectivity index (χ1v) is 7.12. The van der Waals surface area contributed by atoms with Crippen molar-refractivity contribution in [1.29, 1.82) is 0 Å². The molecule has 0 radical (unpaired) electrons. The average molecular weight is 351 g/mol. The Morgan fingerprint density at radius 3 is 2.60 bits per heavy atom. The molecule has 0 saturated carbocycles. The summed E-state index contributed by atoms with van der Waals surface area (Å²) in [5, 5.41) is 3.62. The molecule has 1 aromatic heterocycles. The largest absolute Gasteiger partial charge is 0.416 e. The molecule has 0 unspecified atom stereocenters. The zero-order valence-electron chi connectivity index (χ0n) is 13.5. The first kappa shape index (κ1) is 18.2. The molecule has 0 atom stereocenters. The minimum absolute atomic E-state index is 0.177. The van der Waals surface area contributed by atoms with E-state index in [1.54, 1.807) is 38.4 Å². The second-order valence-corrected chi connectivity index (χ2v) is 5.35. The molecule has 3 N–H and O–H groups in total. The molecule has 2 aromatic rings. The van der Waals surface area contributed by atoms with E-state index in [4.69, 9.17) is 5.73 Å². The highest BCUT2D eigenvalue weighted by atomic mass is 19.4. The van der Waals surface area contributed by atoms with Gasteiger partial charge in [0.15, 0.2) is 0 Å². The van der Waals surface area contributed by atoms with Gasteiger partial charge in [0, 0.05) is 19.7 Å². The number of nitrogens with one attached hydrogen (secondary N) is 1. The lowest BCUT2D eigenvalue weighted by Gasteiger charge is -2.16. The summed E-state index contributed by atoms with van der Waals surface area (Å²) < 4.78 is 39.4. The summed E-state index contributed by atoms with van der Waals surface area (Å²) in [5.41, 5.74) is 7.38. The number of carbonyl (C=O) groups is 1. The Balaban J connectivity index is 2.45. The topological polar surface area (TPSA) is 83.6 Å². The number of aromatic nitrogens is 1. The van der Waals surface area contributed by atoms with Crippen molar-refractivity contribution in [2.75, 3.05) is 19.0 Å². The van der Waals surface area contributed by atoms with Gasteiger partial charge in [-0.25, -0.2) is 15.2 Å². The Morgan fingerprint density at radius 1 is 1.28 bits per heavy atom. The molecule has 0 aliphatic heterocycles. The van der Waals surface area contributed by atoms with Gasteiger partial charge in [-0.05, 0) is 23.8 Å². The van der Waals surface area contributed by atoms with E-state index in [1.165, 1.54) is 11.1 Å². The minimum Gasteiger partial charge on any atom is -0.363 e. The standard InChI is InChI=1S/C16H16F3N5O/c1-24(2)14-8-12(16(17,18)19)7-13(22-14)11-5-3-4-10(6-11)9-21-23-15(20)25/h3-9H,1-2H3,(H3,20,23,25). The number of rotatable bonds is 4. The van der Waals surface area contributed by atoms with Gasteiger partial charge >= 0.3 is 12.2 Å². The third-order valence-corrected chi connectivity index (χ3v) is 3.17. The van der Waals surface area contributed by atoms with Gasteiger partial charge in [-0.2, -0.15) is 18.3 Å². The van der Waals surface area contributed by atoms with Gasteiger partial charge in [0.05, 0.1) is 17.5 Å². The lowest BCUT2D eigenvalue weighted by molar-refractivity contribution is -0.137. The zero-order valence-corrected chi connectivity index (χ0v) is 13.5. The SMILES string of the molecule is CN(C)c1cc(C(F)(F)F)cc(-c2cccc(C=NNC(N)=O)c2)n1. The van der Waals surface area contributed by atoms with Crippen molar-refractivity contribution in [3.8, 4) is 11.3 Å². The fourth-order valence-corrected chi connectivity index (χ4v) is 2.01. The van der Waals surface area contributed by atoms with Gasteiger partial charge in [-0.1, -0.05) is 18.2 Å². The number of carbonyl (C=O) groups excluding carboxylic acids is 1. The van der Waals surface area contributed by atoms with Crippen LogP contribution in [0, 0.1) is 0 Å². The van der Waals surface area contributed by atoms with E-state index < -0.39 is 17.8 Å². The molecule has 1 aromatic carbocycles. The molecule has 0 spiro atoms. The second kappa shape index (κ2) is 7.20. The zero-order chi connectivity index (χ0) is 18.6. The highest BCUT2D eigenvalue weighted by Crippen LogP contribution is 2.33. The summed E-state index contributed by atoms with van der Waals surface area (Å²) in [4.78, 5) is 16.3. The van der Waals surface area contributed by atoms with E-state index >= 15 is 0 Å². The van der Waals surface area contributed by atoms with Gasteiger partial charge in [-0.15, -0.1) is 0 Å². The Hall–Kier alpha value is -3.10. The second-order valence-electron chi connectivity index (χ2n) is 5.35. The van der Waals surface area contributed by atoms with Crippen molar-refractivity contribution in [3.05, 3.63) is 47.5 Å². The molecular weight excluding hydrogens is 335 g/mol. The van der Waals surface area contributed by atoms with Gasteiger partial charge < -0.3 is 10.6 Å². The Labute approximate surface area is 142 Å². The Morgan fingerprint density at radius 2 is 2.00 bits per heavy atom. The first-order valence-electron chi connectivity index (χ1n) is 7.12. The summed E-state index contributed by atoms with van der Waals surface area (Å²) in [5.74, 6) is 0.194. The summed E-state index contributed by atoms with van der Waals surface area (Å²) in [6.45, 7) is 0. The molecule has 0 aliphatic rings. The molecule has 6 nitrogen and oxygen atoms in total. The average Bonchev–Trinajstić information content (AvgIpc) is 2.53. The monoisotopic (exact) mass is 351 g/mol. The number of amides is 2. The van der Waals surface area contributed by atoms with Crippen LogP contribution in [0.5, 0.6) is 0 Å². The van der Waals surface area contributed by atoms with Crippen molar-refractivity contribution in [1.82, 2.24) is 10.4 Å². The van der Waals surface area contributed by atoms with E-state index in [9.17, 15) is 18.0 Å². The van der Waals surface area contributed by atoms with Crippen LogP contribution in [0.2, 0.25) is 0 Å². The highest BCUT2D eigenvalue weighted by Gasteiger charge is 2.32. The van der Waals surface area contributed by atoms with E-state index in [0.29, 0.717) is 11.1 Å². The van der Waals surface area contributed by atoms with E-state index in [-0.39, 0.29) is 11.5 Å². The van der Waals surface area contributed by atoms with Crippen molar-refractivity contribution in [3.63, 3.8) is 0 Å². The Bertz CT molecular complexity index is 803. The molecule has 2 rings (SSSR count). The fraction of sp³-hybridized carbons (Fsp3) is 0.188. The summed E-state index contributed by atoms with van der Waals surface area (Å²) in [6.07, 6.45) is -3.15. The van der Waals surface area contributed by atoms with Crippen LogP contribution in [0.4, 0.5) is 23.8 Å². The number of primary amides is 1. The molecule has 2 amide bonds. The molecule has 0 aliphatic carbocycles. The van der Waals surface area contributed by atoms with Crippen LogP contribution in [0.25, 0.3) is 11.3 Å². The Kier molecular flexibility index (Phi) is 5.26. The molecule has 132 valence electrons. The van der Waals surface area contributed by atoms with Gasteiger partial charge in [-0.3, -0.25) is 0 Å². The summed E-state index contributed by atoms with van der Waals surface area (Å²) in [6, 6.07) is 7.74. The number of hydrogen-bond donors (Lipinski definition) is 2. The number of anilines is 1. The third kappa shape index (κ3) is 4.93. The van der Waals surface area contributed by atoms with Crippen LogP contribution in [0.15, 0.2) is 41.5 Å². The number of alkyl halides is 3. The van der Waals surface area contributed by atoms with Crippen LogP contribution in [0.1, 0.15) is 11.1 Å². The lowest BCUT2D eigenvalue weighted by atomic mass is 10.1.